The first-order valence-corrected chi connectivity index (χ1v) is 9.19. The maximum atomic E-state index is 10.1. The van der Waals surface area contributed by atoms with Gasteiger partial charge in [-0.05, 0) is 18.1 Å². The van der Waals surface area contributed by atoms with Gasteiger partial charge in [0, 0.05) is 7.11 Å². The van der Waals surface area contributed by atoms with Crippen molar-refractivity contribution in [3.05, 3.63) is 0 Å². The van der Waals surface area contributed by atoms with Crippen molar-refractivity contribution in [3.63, 3.8) is 0 Å². The van der Waals surface area contributed by atoms with E-state index in [0.717, 1.165) is 0 Å². The SMILES string of the molecule is CO[C@H]1OC[C@H](O)[C@H](O)[C@H]1O[Si](C)(C)C(C)(C)C. The van der Waals surface area contributed by atoms with Gasteiger partial charge >= 0.3 is 0 Å². The lowest BCUT2D eigenvalue weighted by Gasteiger charge is -2.45. The van der Waals surface area contributed by atoms with Crippen molar-refractivity contribution in [2.24, 2.45) is 0 Å². The Labute approximate surface area is 110 Å². The van der Waals surface area contributed by atoms with Crippen LogP contribution in [0.15, 0.2) is 0 Å². The number of rotatable bonds is 3. The lowest BCUT2D eigenvalue weighted by atomic mass is 10.1. The molecule has 0 spiro atoms. The summed E-state index contributed by atoms with van der Waals surface area (Å²) in [4.78, 5) is 0. The molecule has 1 rings (SSSR count). The number of aliphatic hydroxyl groups excluding tert-OH is 2. The lowest BCUT2D eigenvalue weighted by molar-refractivity contribution is -0.257. The molecule has 18 heavy (non-hydrogen) atoms. The zero-order valence-corrected chi connectivity index (χ0v) is 13.1. The molecule has 0 unspecified atom stereocenters. The lowest BCUT2D eigenvalue weighted by Crippen LogP contribution is -2.59. The van der Waals surface area contributed by atoms with Crippen LogP contribution in [0.25, 0.3) is 0 Å². The van der Waals surface area contributed by atoms with Crippen LogP contribution in [0.1, 0.15) is 20.8 Å². The highest BCUT2D eigenvalue weighted by molar-refractivity contribution is 6.74. The third-order valence-electron chi connectivity index (χ3n) is 3.90. The standard InChI is InChI=1S/C12H26O5Si/c1-12(2,3)18(5,6)17-10-9(14)8(13)7-16-11(10)15-4/h8-11,13-14H,7H2,1-6H3/t8-,9-,10+,11-/m0/s1. The Morgan fingerprint density at radius 2 is 1.78 bits per heavy atom. The predicted molar refractivity (Wildman–Crippen MR) is 70.8 cm³/mol. The van der Waals surface area contributed by atoms with E-state index in [2.05, 4.69) is 33.9 Å². The van der Waals surface area contributed by atoms with Crippen molar-refractivity contribution in [2.75, 3.05) is 13.7 Å². The zero-order chi connectivity index (χ0) is 14.1. The van der Waals surface area contributed by atoms with E-state index in [4.69, 9.17) is 13.9 Å². The molecule has 1 aliphatic rings. The number of methoxy groups -OCH3 is 1. The second kappa shape index (κ2) is 5.56. The van der Waals surface area contributed by atoms with Crippen molar-refractivity contribution in [3.8, 4) is 0 Å². The van der Waals surface area contributed by atoms with E-state index < -0.39 is 32.9 Å². The van der Waals surface area contributed by atoms with Crippen LogP contribution in [0.2, 0.25) is 18.1 Å². The summed E-state index contributed by atoms with van der Waals surface area (Å²) in [5.74, 6) is 0. The summed E-state index contributed by atoms with van der Waals surface area (Å²) in [5.41, 5.74) is 0. The van der Waals surface area contributed by atoms with Crippen LogP contribution in [0.4, 0.5) is 0 Å². The Morgan fingerprint density at radius 3 is 2.22 bits per heavy atom. The predicted octanol–water partition coefficient (Wildman–Crippen LogP) is 1.10. The Morgan fingerprint density at radius 1 is 1.22 bits per heavy atom. The van der Waals surface area contributed by atoms with E-state index in [9.17, 15) is 10.2 Å². The highest BCUT2D eigenvalue weighted by Crippen LogP contribution is 2.38. The van der Waals surface area contributed by atoms with Gasteiger partial charge in [0.15, 0.2) is 14.6 Å². The van der Waals surface area contributed by atoms with Gasteiger partial charge in [-0.15, -0.1) is 0 Å². The topological polar surface area (TPSA) is 68.2 Å². The fourth-order valence-corrected chi connectivity index (χ4v) is 2.90. The second-order valence-corrected chi connectivity index (χ2v) is 11.1. The average molecular weight is 278 g/mol. The molecule has 4 atom stereocenters. The number of hydrogen-bond acceptors (Lipinski definition) is 5. The van der Waals surface area contributed by atoms with Gasteiger partial charge in [0.05, 0.1) is 6.61 Å². The fourth-order valence-electron chi connectivity index (χ4n) is 1.61. The monoisotopic (exact) mass is 278 g/mol. The van der Waals surface area contributed by atoms with Crippen LogP contribution in [0.5, 0.6) is 0 Å². The minimum Gasteiger partial charge on any atom is -0.406 e. The van der Waals surface area contributed by atoms with Crippen molar-refractivity contribution in [1.29, 1.82) is 0 Å². The third kappa shape index (κ3) is 3.31. The van der Waals surface area contributed by atoms with Crippen molar-refractivity contribution in [1.82, 2.24) is 0 Å². The molecular weight excluding hydrogens is 252 g/mol. The molecule has 5 nitrogen and oxygen atoms in total. The molecule has 0 aromatic heterocycles. The van der Waals surface area contributed by atoms with Gasteiger partial charge in [0.1, 0.15) is 18.3 Å². The molecule has 0 saturated carbocycles. The van der Waals surface area contributed by atoms with Crippen molar-refractivity contribution in [2.45, 2.75) is 63.5 Å². The first-order chi connectivity index (χ1) is 8.10. The minimum absolute atomic E-state index is 0.0212. The average Bonchev–Trinajstić information content (AvgIpc) is 2.23. The van der Waals surface area contributed by atoms with Crippen LogP contribution >= 0.6 is 0 Å². The van der Waals surface area contributed by atoms with Crippen molar-refractivity contribution >= 4 is 8.32 Å². The van der Waals surface area contributed by atoms with Gasteiger partial charge in [-0.1, -0.05) is 20.8 Å². The van der Waals surface area contributed by atoms with Gasteiger partial charge < -0.3 is 24.1 Å². The summed E-state index contributed by atoms with van der Waals surface area (Å²) < 4.78 is 16.6. The first kappa shape index (κ1) is 16.1. The van der Waals surface area contributed by atoms with Gasteiger partial charge in [0.25, 0.3) is 0 Å². The van der Waals surface area contributed by atoms with Crippen LogP contribution < -0.4 is 0 Å². The van der Waals surface area contributed by atoms with E-state index >= 15 is 0 Å². The quantitative estimate of drug-likeness (QED) is 0.757. The molecule has 0 bridgehead atoms. The molecular formula is C12H26O5Si. The van der Waals surface area contributed by atoms with Gasteiger partial charge in [-0.3, -0.25) is 0 Å². The van der Waals surface area contributed by atoms with E-state index in [1.54, 1.807) is 0 Å². The Hall–Kier alpha value is 0.0169. The largest absolute Gasteiger partial charge is 0.406 e. The summed E-state index contributed by atoms with van der Waals surface area (Å²) in [6, 6.07) is 0. The Bertz CT molecular complexity index is 274. The summed E-state index contributed by atoms with van der Waals surface area (Å²) in [5, 5.41) is 19.7. The molecule has 2 N–H and O–H groups in total. The normalized spacial score (nSPS) is 34.7. The highest BCUT2D eigenvalue weighted by Gasteiger charge is 2.46. The molecule has 0 radical (unpaired) electrons. The summed E-state index contributed by atoms with van der Waals surface area (Å²) in [7, 11) is -0.542. The molecule has 1 saturated heterocycles. The van der Waals surface area contributed by atoms with Crippen LogP contribution in [0.3, 0.4) is 0 Å². The minimum atomic E-state index is -2.05. The van der Waals surface area contributed by atoms with Crippen LogP contribution in [0, 0.1) is 0 Å². The van der Waals surface area contributed by atoms with Gasteiger partial charge in [-0.25, -0.2) is 0 Å². The number of hydrogen-bond donors (Lipinski definition) is 2. The molecule has 108 valence electrons. The summed E-state index contributed by atoms with van der Waals surface area (Å²) in [6.07, 6.45) is -3.17. The first-order valence-electron chi connectivity index (χ1n) is 6.28. The Kier molecular flexibility index (Phi) is 4.97. The summed E-state index contributed by atoms with van der Waals surface area (Å²) >= 11 is 0. The Balaban J connectivity index is 2.84. The number of aliphatic hydroxyl groups is 2. The molecule has 1 fully saturated rings. The smallest absolute Gasteiger partial charge is 0.192 e. The highest BCUT2D eigenvalue weighted by atomic mass is 28.4. The van der Waals surface area contributed by atoms with E-state index in [0.29, 0.717) is 0 Å². The van der Waals surface area contributed by atoms with Crippen LogP contribution in [-0.2, 0) is 13.9 Å². The zero-order valence-electron chi connectivity index (χ0n) is 12.1. The maximum absolute atomic E-state index is 10.1. The summed E-state index contributed by atoms with van der Waals surface area (Å²) in [6.45, 7) is 10.6. The molecule has 6 heteroatoms. The van der Waals surface area contributed by atoms with Crippen molar-refractivity contribution < 1.29 is 24.1 Å². The maximum Gasteiger partial charge on any atom is 0.192 e. The van der Waals surface area contributed by atoms with Gasteiger partial charge in [-0.2, -0.15) is 0 Å². The molecule has 0 amide bonds. The molecule has 1 heterocycles. The molecule has 1 aliphatic heterocycles. The second-order valence-electron chi connectivity index (χ2n) is 6.34. The van der Waals surface area contributed by atoms with Gasteiger partial charge in [0.2, 0.25) is 0 Å². The number of ether oxygens (including phenoxy) is 2. The van der Waals surface area contributed by atoms with E-state index in [1.165, 1.54) is 7.11 Å². The molecule has 0 aliphatic carbocycles. The molecule has 0 aromatic carbocycles. The molecule has 0 aromatic rings. The van der Waals surface area contributed by atoms with E-state index in [1.807, 2.05) is 0 Å². The van der Waals surface area contributed by atoms with E-state index in [-0.39, 0.29) is 11.6 Å². The van der Waals surface area contributed by atoms with Crippen LogP contribution in [-0.4, -0.2) is 56.8 Å². The fraction of sp³-hybridized carbons (Fsp3) is 1.00. The third-order valence-corrected chi connectivity index (χ3v) is 8.37.